The average molecular weight is 261 g/mol. The molecule has 0 aromatic heterocycles. The van der Waals surface area contributed by atoms with E-state index in [9.17, 15) is 9.90 Å². The SMILES string of the molecule is CCC(SC)C(=O)NCC(C)(C)C(O)C(C)C. The summed E-state index contributed by atoms with van der Waals surface area (Å²) in [5, 5.41) is 13.0. The van der Waals surface area contributed by atoms with E-state index in [1.54, 1.807) is 11.8 Å². The first kappa shape index (κ1) is 16.8. The minimum absolute atomic E-state index is 0.0157. The predicted octanol–water partition coefficient (Wildman–Crippen LogP) is 2.29. The van der Waals surface area contributed by atoms with Crippen LogP contribution in [0.25, 0.3) is 0 Å². The predicted molar refractivity (Wildman–Crippen MR) is 75.2 cm³/mol. The molecule has 4 heteroatoms. The zero-order chi connectivity index (χ0) is 13.6. The molecule has 0 heterocycles. The van der Waals surface area contributed by atoms with E-state index in [-0.39, 0.29) is 22.5 Å². The van der Waals surface area contributed by atoms with Crippen molar-refractivity contribution < 1.29 is 9.90 Å². The van der Waals surface area contributed by atoms with Gasteiger partial charge < -0.3 is 10.4 Å². The molecule has 1 amide bonds. The summed E-state index contributed by atoms with van der Waals surface area (Å²) in [6.07, 6.45) is 2.37. The molecule has 0 saturated carbocycles. The maximum Gasteiger partial charge on any atom is 0.233 e. The van der Waals surface area contributed by atoms with Crippen molar-refractivity contribution in [1.29, 1.82) is 0 Å². The third-order valence-corrected chi connectivity index (χ3v) is 4.21. The van der Waals surface area contributed by atoms with E-state index in [0.717, 1.165) is 6.42 Å². The van der Waals surface area contributed by atoms with Gasteiger partial charge in [-0.15, -0.1) is 0 Å². The fraction of sp³-hybridized carbons (Fsp3) is 0.923. The van der Waals surface area contributed by atoms with Crippen LogP contribution < -0.4 is 5.32 Å². The summed E-state index contributed by atoms with van der Waals surface area (Å²) in [4.78, 5) is 11.8. The van der Waals surface area contributed by atoms with Gasteiger partial charge in [0.15, 0.2) is 0 Å². The number of amides is 1. The maximum atomic E-state index is 11.8. The molecule has 2 unspecified atom stereocenters. The highest BCUT2D eigenvalue weighted by atomic mass is 32.2. The van der Waals surface area contributed by atoms with Crippen molar-refractivity contribution in [3.63, 3.8) is 0 Å². The fourth-order valence-electron chi connectivity index (χ4n) is 1.89. The van der Waals surface area contributed by atoms with Gasteiger partial charge in [-0.25, -0.2) is 0 Å². The van der Waals surface area contributed by atoms with E-state index in [1.807, 2.05) is 40.9 Å². The van der Waals surface area contributed by atoms with Crippen LogP contribution in [-0.4, -0.2) is 35.2 Å². The van der Waals surface area contributed by atoms with Crippen LogP contribution in [0.5, 0.6) is 0 Å². The molecule has 0 aliphatic heterocycles. The molecule has 0 aliphatic carbocycles. The minimum Gasteiger partial charge on any atom is -0.392 e. The standard InChI is InChI=1S/C13H27NO2S/c1-7-10(17-6)12(16)14-8-13(4,5)11(15)9(2)3/h9-11,15H,7-8H2,1-6H3,(H,14,16). The Kier molecular flexibility index (Phi) is 7.17. The molecule has 0 aromatic rings. The number of rotatable bonds is 7. The van der Waals surface area contributed by atoms with Crippen molar-refractivity contribution in [2.45, 2.75) is 52.4 Å². The van der Waals surface area contributed by atoms with E-state index >= 15 is 0 Å². The highest BCUT2D eigenvalue weighted by molar-refractivity contribution is 7.99. The van der Waals surface area contributed by atoms with Gasteiger partial charge in [0.2, 0.25) is 5.91 Å². The summed E-state index contributed by atoms with van der Waals surface area (Å²) in [6.45, 7) is 10.5. The van der Waals surface area contributed by atoms with Gasteiger partial charge in [-0.2, -0.15) is 11.8 Å². The van der Waals surface area contributed by atoms with Crippen LogP contribution in [0.2, 0.25) is 0 Å². The smallest absolute Gasteiger partial charge is 0.233 e. The van der Waals surface area contributed by atoms with Crippen molar-refractivity contribution in [3.8, 4) is 0 Å². The molecule has 2 N–H and O–H groups in total. The number of aliphatic hydroxyl groups excluding tert-OH is 1. The zero-order valence-corrected chi connectivity index (χ0v) is 12.7. The van der Waals surface area contributed by atoms with E-state index < -0.39 is 6.10 Å². The fourth-order valence-corrected chi connectivity index (χ4v) is 2.53. The van der Waals surface area contributed by atoms with Gasteiger partial charge >= 0.3 is 0 Å². The van der Waals surface area contributed by atoms with Crippen LogP contribution in [0.15, 0.2) is 0 Å². The second-order valence-electron chi connectivity index (χ2n) is 5.53. The third kappa shape index (κ3) is 5.30. The molecule has 0 aromatic carbocycles. The molecule has 2 atom stereocenters. The molecule has 0 bridgehead atoms. The lowest BCUT2D eigenvalue weighted by atomic mass is 9.80. The molecular formula is C13H27NO2S. The highest BCUT2D eigenvalue weighted by Gasteiger charge is 2.31. The average Bonchev–Trinajstić information content (AvgIpc) is 2.27. The Morgan fingerprint density at radius 3 is 2.29 bits per heavy atom. The quantitative estimate of drug-likeness (QED) is 0.739. The Bertz CT molecular complexity index is 238. The Morgan fingerprint density at radius 2 is 1.94 bits per heavy atom. The van der Waals surface area contributed by atoms with Crippen molar-refractivity contribution in [2.24, 2.45) is 11.3 Å². The van der Waals surface area contributed by atoms with Gasteiger partial charge in [-0.1, -0.05) is 34.6 Å². The van der Waals surface area contributed by atoms with Gasteiger partial charge in [0.25, 0.3) is 0 Å². The second-order valence-corrected chi connectivity index (χ2v) is 6.57. The second kappa shape index (κ2) is 7.27. The summed E-state index contributed by atoms with van der Waals surface area (Å²) in [5.74, 6) is 0.272. The molecule has 0 aliphatic rings. The topological polar surface area (TPSA) is 49.3 Å². The van der Waals surface area contributed by atoms with E-state index in [2.05, 4.69) is 5.32 Å². The van der Waals surface area contributed by atoms with E-state index in [4.69, 9.17) is 0 Å². The number of nitrogens with one attached hydrogen (secondary N) is 1. The number of aliphatic hydroxyl groups is 1. The Hall–Kier alpha value is -0.220. The lowest BCUT2D eigenvalue weighted by molar-refractivity contribution is -0.121. The van der Waals surface area contributed by atoms with Crippen molar-refractivity contribution in [1.82, 2.24) is 5.32 Å². The molecule has 0 radical (unpaired) electrons. The largest absolute Gasteiger partial charge is 0.392 e. The monoisotopic (exact) mass is 261 g/mol. The van der Waals surface area contributed by atoms with Gasteiger partial charge in [-0.3, -0.25) is 4.79 Å². The summed E-state index contributed by atoms with van der Waals surface area (Å²) in [7, 11) is 0. The van der Waals surface area contributed by atoms with Gasteiger partial charge in [0.05, 0.1) is 11.4 Å². The number of hydrogen-bond acceptors (Lipinski definition) is 3. The summed E-state index contributed by atoms with van der Waals surface area (Å²) in [6, 6.07) is 0. The van der Waals surface area contributed by atoms with Gasteiger partial charge in [0.1, 0.15) is 0 Å². The number of carbonyl (C=O) groups is 1. The van der Waals surface area contributed by atoms with Crippen LogP contribution in [0.1, 0.15) is 41.0 Å². The molecule has 0 fully saturated rings. The lowest BCUT2D eigenvalue weighted by Crippen LogP contribution is -2.45. The van der Waals surface area contributed by atoms with Gasteiger partial charge in [0, 0.05) is 12.0 Å². The first-order chi connectivity index (χ1) is 7.76. The molecule has 0 rings (SSSR count). The Labute approximate surface area is 110 Å². The molecular weight excluding hydrogens is 234 g/mol. The minimum atomic E-state index is -0.405. The van der Waals surface area contributed by atoms with Crippen LogP contribution in [-0.2, 0) is 4.79 Å². The molecule has 17 heavy (non-hydrogen) atoms. The Balaban J connectivity index is 4.31. The number of carbonyl (C=O) groups excluding carboxylic acids is 1. The number of thioether (sulfide) groups is 1. The van der Waals surface area contributed by atoms with Crippen molar-refractivity contribution >= 4 is 17.7 Å². The Morgan fingerprint density at radius 1 is 1.41 bits per heavy atom. The van der Waals surface area contributed by atoms with Crippen LogP contribution in [0.3, 0.4) is 0 Å². The molecule has 102 valence electrons. The first-order valence-electron chi connectivity index (χ1n) is 6.24. The van der Waals surface area contributed by atoms with Crippen LogP contribution in [0.4, 0.5) is 0 Å². The molecule has 0 spiro atoms. The number of hydrogen-bond donors (Lipinski definition) is 2. The van der Waals surface area contributed by atoms with Crippen LogP contribution in [0, 0.1) is 11.3 Å². The normalized spacial score (nSPS) is 15.8. The first-order valence-corrected chi connectivity index (χ1v) is 7.53. The summed E-state index contributed by atoms with van der Waals surface area (Å²) in [5.41, 5.74) is -0.291. The van der Waals surface area contributed by atoms with Crippen molar-refractivity contribution in [2.75, 3.05) is 12.8 Å². The molecule has 0 saturated heterocycles. The van der Waals surface area contributed by atoms with Crippen molar-refractivity contribution in [3.05, 3.63) is 0 Å². The van der Waals surface area contributed by atoms with Crippen LogP contribution >= 0.6 is 11.8 Å². The lowest BCUT2D eigenvalue weighted by Gasteiger charge is -2.33. The summed E-state index contributed by atoms with van der Waals surface area (Å²) >= 11 is 1.57. The van der Waals surface area contributed by atoms with Gasteiger partial charge in [-0.05, 0) is 18.6 Å². The summed E-state index contributed by atoms with van der Waals surface area (Å²) < 4.78 is 0. The highest BCUT2D eigenvalue weighted by Crippen LogP contribution is 2.25. The maximum absolute atomic E-state index is 11.8. The third-order valence-electron chi connectivity index (χ3n) is 3.10. The van der Waals surface area contributed by atoms with E-state index in [0.29, 0.717) is 6.54 Å². The zero-order valence-electron chi connectivity index (χ0n) is 11.9. The van der Waals surface area contributed by atoms with E-state index in [1.165, 1.54) is 0 Å². The molecule has 3 nitrogen and oxygen atoms in total.